The van der Waals surface area contributed by atoms with Crippen molar-refractivity contribution < 1.29 is 14.3 Å². The zero-order valence-electron chi connectivity index (χ0n) is 19.4. The molecule has 0 bridgehead atoms. The number of carbonyl (C=O) groups excluding carboxylic acids is 1. The fraction of sp³-hybridized carbons (Fsp3) is 0.360. The van der Waals surface area contributed by atoms with E-state index in [1.54, 1.807) is 43.8 Å². The SMILES string of the molecule is COc1cc(OC)cc(C(=O)Nc2nc(-c3ccccc3)c(CCN3CCCCC3)s2)c1.Cl.Cl. The third-order valence-corrected chi connectivity index (χ3v) is 6.71. The van der Waals surface area contributed by atoms with Crippen molar-refractivity contribution in [2.45, 2.75) is 25.7 Å². The van der Waals surface area contributed by atoms with E-state index in [0.717, 1.165) is 24.2 Å². The molecule has 184 valence electrons. The predicted molar refractivity (Wildman–Crippen MR) is 144 cm³/mol. The van der Waals surface area contributed by atoms with Crippen LogP contribution in [0.1, 0.15) is 34.5 Å². The minimum Gasteiger partial charge on any atom is -0.497 e. The molecule has 1 saturated heterocycles. The van der Waals surface area contributed by atoms with Crippen molar-refractivity contribution in [3.8, 4) is 22.8 Å². The molecular formula is C25H31Cl2N3O3S. The van der Waals surface area contributed by atoms with Crippen molar-refractivity contribution in [1.29, 1.82) is 0 Å². The predicted octanol–water partition coefficient (Wildman–Crippen LogP) is 5.95. The van der Waals surface area contributed by atoms with E-state index >= 15 is 0 Å². The number of amides is 1. The molecule has 1 aromatic heterocycles. The molecule has 1 N–H and O–H groups in total. The largest absolute Gasteiger partial charge is 0.497 e. The molecule has 0 spiro atoms. The molecule has 1 amide bonds. The summed E-state index contributed by atoms with van der Waals surface area (Å²) < 4.78 is 10.6. The molecule has 0 radical (unpaired) electrons. The molecule has 2 aromatic carbocycles. The Morgan fingerprint density at radius 2 is 1.65 bits per heavy atom. The van der Waals surface area contributed by atoms with Gasteiger partial charge in [0, 0.05) is 28.6 Å². The Morgan fingerprint density at radius 1 is 1.00 bits per heavy atom. The summed E-state index contributed by atoms with van der Waals surface area (Å²) in [4.78, 5) is 21.5. The van der Waals surface area contributed by atoms with Crippen molar-refractivity contribution >= 4 is 47.2 Å². The number of nitrogens with zero attached hydrogens (tertiary/aromatic N) is 2. The summed E-state index contributed by atoms with van der Waals surface area (Å²) in [6.45, 7) is 3.35. The van der Waals surface area contributed by atoms with Gasteiger partial charge in [0.1, 0.15) is 11.5 Å². The maximum absolute atomic E-state index is 12.9. The molecule has 4 rings (SSSR count). The van der Waals surface area contributed by atoms with Crippen LogP contribution in [0.4, 0.5) is 5.13 Å². The second-order valence-electron chi connectivity index (χ2n) is 7.86. The molecule has 0 atom stereocenters. The lowest BCUT2D eigenvalue weighted by atomic mass is 10.1. The number of methoxy groups -OCH3 is 2. The number of anilines is 1. The Kier molecular flexibility index (Phi) is 11.1. The Bertz CT molecular complexity index is 1030. The molecule has 1 aliphatic heterocycles. The van der Waals surface area contributed by atoms with Gasteiger partial charge in [0.25, 0.3) is 5.91 Å². The van der Waals surface area contributed by atoms with Gasteiger partial charge < -0.3 is 14.4 Å². The van der Waals surface area contributed by atoms with E-state index in [-0.39, 0.29) is 30.7 Å². The van der Waals surface area contributed by atoms with Crippen molar-refractivity contribution in [1.82, 2.24) is 9.88 Å². The van der Waals surface area contributed by atoms with Gasteiger partial charge >= 0.3 is 0 Å². The Labute approximate surface area is 217 Å². The van der Waals surface area contributed by atoms with Crippen molar-refractivity contribution in [3.63, 3.8) is 0 Å². The fourth-order valence-electron chi connectivity index (χ4n) is 3.95. The standard InChI is InChI=1S/C25H29N3O3S.2ClH/c1-30-20-15-19(16-21(17-20)31-2)24(29)27-25-26-23(18-9-5-3-6-10-18)22(32-25)11-14-28-12-7-4-8-13-28;;/h3,5-6,9-10,15-17H,4,7-8,11-14H2,1-2H3,(H,26,27,29);2*1H. The Balaban J connectivity index is 0.00000204. The zero-order valence-corrected chi connectivity index (χ0v) is 21.9. The number of halogens is 2. The van der Waals surface area contributed by atoms with Gasteiger partial charge in [0.05, 0.1) is 19.9 Å². The molecule has 0 saturated carbocycles. The summed E-state index contributed by atoms with van der Waals surface area (Å²) in [5.41, 5.74) is 2.49. The molecule has 2 heterocycles. The van der Waals surface area contributed by atoms with Crippen molar-refractivity contribution in [2.75, 3.05) is 39.2 Å². The summed E-state index contributed by atoms with van der Waals surface area (Å²) in [7, 11) is 3.13. The van der Waals surface area contributed by atoms with Crippen molar-refractivity contribution in [3.05, 3.63) is 59.0 Å². The first-order valence-electron chi connectivity index (χ1n) is 11.0. The molecule has 9 heteroatoms. The molecule has 0 aliphatic carbocycles. The van der Waals surface area contributed by atoms with E-state index in [0.29, 0.717) is 22.2 Å². The van der Waals surface area contributed by atoms with Crippen LogP contribution in [0, 0.1) is 0 Å². The van der Waals surface area contributed by atoms with Gasteiger partial charge in [-0.25, -0.2) is 4.98 Å². The molecular weight excluding hydrogens is 493 g/mol. The average Bonchev–Trinajstić information content (AvgIpc) is 3.26. The van der Waals surface area contributed by atoms with Crippen LogP contribution in [0.2, 0.25) is 0 Å². The number of rotatable bonds is 8. The second-order valence-corrected chi connectivity index (χ2v) is 8.95. The third-order valence-electron chi connectivity index (χ3n) is 5.68. The van der Waals surface area contributed by atoms with Gasteiger partial charge in [0.15, 0.2) is 5.13 Å². The van der Waals surface area contributed by atoms with E-state index in [1.807, 2.05) is 18.2 Å². The van der Waals surface area contributed by atoms with Crippen LogP contribution in [0.15, 0.2) is 48.5 Å². The molecule has 1 aliphatic rings. The summed E-state index contributed by atoms with van der Waals surface area (Å²) >= 11 is 1.55. The zero-order chi connectivity index (χ0) is 22.3. The number of likely N-dealkylation sites (tertiary alicyclic amines) is 1. The lowest BCUT2D eigenvalue weighted by molar-refractivity contribution is 0.102. The maximum Gasteiger partial charge on any atom is 0.257 e. The lowest BCUT2D eigenvalue weighted by Crippen LogP contribution is -2.31. The summed E-state index contributed by atoms with van der Waals surface area (Å²) in [5.74, 6) is 0.903. The van der Waals surface area contributed by atoms with Gasteiger partial charge in [-0.3, -0.25) is 10.1 Å². The minimum absolute atomic E-state index is 0. The number of hydrogen-bond acceptors (Lipinski definition) is 6. The maximum atomic E-state index is 12.9. The first-order valence-corrected chi connectivity index (χ1v) is 11.8. The average molecular weight is 525 g/mol. The van der Waals surface area contributed by atoms with E-state index in [9.17, 15) is 4.79 Å². The molecule has 1 fully saturated rings. The number of thiazole rings is 1. The number of nitrogens with one attached hydrogen (secondary N) is 1. The number of benzene rings is 2. The highest BCUT2D eigenvalue weighted by molar-refractivity contribution is 7.16. The fourth-order valence-corrected chi connectivity index (χ4v) is 4.91. The number of piperidine rings is 1. The number of ether oxygens (including phenoxy) is 2. The van der Waals surface area contributed by atoms with Crippen LogP contribution < -0.4 is 14.8 Å². The quantitative estimate of drug-likeness (QED) is 0.395. The summed E-state index contributed by atoms with van der Waals surface area (Å²) in [6.07, 6.45) is 4.81. The Hall–Kier alpha value is -2.32. The number of aromatic nitrogens is 1. The van der Waals surface area contributed by atoms with Crippen LogP contribution in [0.5, 0.6) is 11.5 Å². The first kappa shape index (κ1) is 27.9. The Morgan fingerprint density at radius 3 is 2.26 bits per heavy atom. The smallest absolute Gasteiger partial charge is 0.257 e. The van der Waals surface area contributed by atoms with Crippen LogP contribution in [-0.2, 0) is 6.42 Å². The van der Waals surface area contributed by atoms with E-state index in [2.05, 4.69) is 22.3 Å². The van der Waals surface area contributed by atoms with Crippen LogP contribution in [0.3, 0.4) is 0 Å². The van der Waals surface area contributed by atoms with E-state index < -0.39 is 0 Å². The molecule has 6 nitrogen and oxygen atoms in total. The lowest BCUT2D eigenvalue weighted by Gasteiger charge is -2.26. The third kappa shape index (κ3) is 7.09. The topological polar surface area (TPSA) is 63.7 Å². The number of carbonyl (C=O) groups is 1. The highest BCUT2D eigenvalue weighted by Gasteiger charge is 2.18. The molecule has 0 unspecified atom stereocenters. The van der Waals surface area contributed by atoms with Gasteiger partial charge in [-0.05, 0) is 44.5 Å². The van der Waals surface area contributed by atoms with Crippen LogP contribution in [0.25, 0.3) is 11.3 Å². The van der Waals surface area contributed by atoms with Gasteiger partial charge in [0.2, 0.25) is 0 Å². The summed E-state index contributed by atoms with van der Waals surface area (Å²) in [6, 6.07) is 15.3. The molecule has 3 aromatic rings. The van der Waals surface area contributed by atoms with Crippen LogP contribution in [-0.4, -0.2) is 49.6 Å². The van der Waals surface area contributed by atoms with Crippen molar-refractivity contribution in [2.24, 2.45) is 0 Å². The highest BCUT2D eigenvalue weighted by atomic mass is 35.5. The highest BCUT2D eigenvalue weighted by Crippen LogP contribution is 2.32. The number of hydrogen-bond donors (Lipinski definition) is 1. The summed E-state index contributed by atoms with van der Waals surface area (Å²) in [5, 5.41) is 3.57. The van der Waals surface area contributed by atoms with E-state index in [4.69, 9.17) is 14.5 Å². The second kappa shape index (κ2) is 13.5. The first-order chi connectivity index (χ1) is 15.7. The monoisotopic (exact) mass is 523 g/mol. The normalized spacial score (nSPS) is 13.4. The van der Waals surface area contributed by atoms with Crippen LogP contribution >= 0.6 is 36.2 Å². The van der Waals surface area contributed by atoms with Gasteiger partial charge in [-0.15, -0.1) is 36.2 Å². The minimum atomic E-state index is -0.238. The van der Waals surface area contributed by atoms with Gasteiger partial charge in [-0.1, -0.05) is 36.8 Å². The van der Waals surface area contributed by atoms with E-state index in [1.165, 1.54) is 37.2 Å². The van der Waals surface area contributed by atoms with Gasteiger partial charge in [-0.2, -0.15) is 0 Å². The molecule has 34 heavy (non-hydrogen) atoms.